The van der Waals surface area contributed by atoms with Gasteiger partial charge in [-0.1, -0.05) is 36.4 Å². The van der Waals surface area contributed by atoms with Gasteiger partial charge in [0.25, 0.3) is 0 Å². The highest BCUT2D eigenvalue weighted by Gasteiger charge is 2.40. The summed E-state index contributed by atoms with van der Waals surface area (Å²) in [6, 6.07) is 23.7. The lowest BCUT2D eigenvalue weighted by molar-refractivity contribution is -0.137. The molecule has 13 nitrogen and oxygen atoms in total. The molecule has 3 aromatic carbocycles. The van der Waals surface area contributed by atoms with Crippen molar-refractivity contribution >= 4 is 63.6 Å². The molecule has 0 bridgehead atoms. The largest absolute Gasteiger partial charge is 0.387 e. The second kappa shape index (κ2) is 15.9. The van der Waals surface area contributed by atoms with Crippen molar-refractivity contribution in [2.45, 2.75) is 51.1 Å². The van der Waals surface area contributed by atoms with Gasteiger partial charge in [0.05, 0.1) is 22.9 Å². The Balaban J connectivity index is 0.832. The molecular weight excluding hydrogens is 693 g/mol. The molecule has 2 amide bonds. The molecule has 2 saturated heterocycles. The number of anilines is 4. The molecule has 3 aliphatic rings. The van der Waals surface area contributed by atoms with Gasteiger partial charge in [-0.05, 0) is 79.6 Å². The Morgan fingerprint density at radius 2 is 1.64 bits per heavy atom. The fourth-order valence-electron chi connectivity index (χ4n) is 7.77. The van der Waals surface area contributed by atoms with Crippen molar-refractivity contribution in [2.24, 2.45) is 11.8 Å². The molecule has 55 heavy (non-hydrogen) atoms. The summed E-state index contributed by atoms with van der Waals surface area (Å²) in [6.45, 7) is 2.79. The number of nitrogens with zero attached hydrogens (tertiary/aromatic N) is 5. The minimum Gasteiger partial charge on any atom is -0.387 e. The van der Waals surface area contributed by atoms with Gasteiger partial charge < -0.3 is 21.4 Å². The van der Waals surface area contributed by atoms with Crippen LogP contribution in [0.2, 0.25) is 0 Å². The number of imide groups is 1. The maximum atomic E-state index is 13.5. The Morgan fingerprint density at radius 1 is 0.836 bits per heavy atom. The highest BCUT2D eigenvalue weighted by molar-refractivity contribution is 6.08. The molecule has 5 N–H and O–H groups in total. The van der Waals surface area contributed by atoms with Gasteiger partial charge in [0.1, 0.15) is 5.82 Å². The van der Waals surface area contributed by atoms with E-state index in [0.29, 0.717) is 53.9 Å². The molecule has 13 heteroatoms. The van der Waals surface area contributed by atoms with Gasteiger partial charge in [-0.15, -0.1) is 0 Å². The Bertz CT molecular complexity index is 2280. The molecule has 0 saturated carbocycles. The van der Waals surface area contributed by atoms with Gasteiger partial charge in [-0.2, -0.15) is 4.98 Å². The predicted molar refractivity (Wildman–Crippen MR) is 211 cm³/mol. The number of ketones is 1. The van der Waals surface area contributed by atoms with E-state index in [0.717, 1.165) is 60.4 Å². The number of aromatic nitrogens is 4. The van der Waals surface area contributed by atoms with Crippen LogP contribution >= 0.6 is 0 Å². The van der Waals surface area contributed by atoms with E-state index in [1.165, 1.54) is 11.8 Å². The van der Waals surface area contributed by atoms with E-state index < -0.39 is 11.8 Å². The number of fused-ring (bicyclic) bond motifs is 2. The quantitative estimate of drug-likeness (QED) is 0.0800. The molecule has 4 heterocycles. The molecule has 0 spiro atoms. The maximum Gasteiger partial charge on any atom is 0.230 e. The predicted octanol–water partition coefficient (Wildman–Crippen LogP) is 5.95. The topological polar surface area (TPSA) is 178 Å². The number of allylic oxidation sites excluding steroid dienone is 1. The summed E-state index contributed by atoms with van der Waals surface area (Å²) in [5, 5.41) is 20.5. The maximum absolute atomic E-state index is 13.5. The number of carbonyl (C=O) groups is 3. The molecule has 1 aliphatic carbocycles. The first kappa shape index (κ1) is 35.7. The lowest BCUT2D eigenvalue weighted by Gasteiger charge is -2.32. The van der Waals surface area contributed by atoms with Crippen molar-refractivity contribution in [3.63, 3.8) is 0 Å². The van der Waals surface area contributed by atoms with E-state index in [4.69, 9.17) is 5.41 Å². The number of amides is 2. The zero-order valence-corrected chi connectivity index (χ0v) is 30.3. The summed E-state index contributed by atoms with van der Waals surface area (Å²) >= 11 is 0. The van der Waals surface area contributed by atoms with Gasteiger partial charge in [0, 0.05) is 85.1 Å². The van der Waals surface area contributed by atoms with Crippen LogP contribution in [-0.4, -0.2) is 67.8 Å². The molecule has 2 aliphatic heterocycles. The van der Waals surface area contributed by atoms with Gasteiger partial charge in [-0.25, -0.2) is 9.97 Å². The van der Waals surface area contributed by atoms with Gasteiger partial charge in [0.15, 0.2) is 5.78 Å². The van der Waals surface area contributed by atoms with E-state index in [1.807, 2.05) is 60.8 Å². The first-order valence-electron chi connectivity index (χ1n) is 18.8. The van der Waals surface area contributed by atoms with Crippen LogP contribution < -0.4 is 21.3 Å². The SMILES string of the molecule is N=C/C(=C\NC1CCN(Cc2ccc(Nc3nccc(Nc4cccc5c4CCC(C4CCC(=O)NC4=O)C5=O)n3)cc2)CC1)c1cnc2ccccc2n1. The Morgan fingerprint density at radius 3 is 2.44 bits per heavy atom. The summed E-state index contributed by atoms with van der Waals surface area (Å²) in [5.74, 6) is -0.542. The number of benzene rings is 3. The number of carbonyl (C=O) groups excluding carboxylic acids is 3. The minimum atomic E-state index is -0.477. The molecule has 2 atom stereocenters. The lowest BCUT2D eigenvalue weighted by Crippen LogP contribution is -2.46. The zero-order chi connectivity index (χ0) is 37.7. The van der Waals surface area contributed by atoms with Crippen molar-refractivity contribution in [3.8, 4) is 0 Å². The first-order chi connectivity index (χ1) is 26.9. The van der Waals surface area contributed by atoms with Crippen molar-refractivity contribution < 1.29 is 14.4 Å². The fraction of sp³-hybridized carbons (Fsp3) is 0.286. The van der Waals surface area contributed by atoms with E-state index in [2.05, 4.69) is 58.2 Å². The molecule has 2 fully saturated rings. The average Bonchev–Trinajstić information content (AvgIpc) is 3.20. The Hall–Kier alpha value is -6.34. The smallest absolute Gasteiger partial charge is 0.230 e. The average molecular weight is 735 g/mol. The molecule has 278 valence electrons. The highest BCUT2D eigenvalue weighted by atomic mass is 16.2. The van der Waals surface area contributed by atoms with E-state index >= 15 is 0 Å². The fourth-order valence-corrected chi connectivity index (χ4v) is 7.77. The van der Waals surface area contributed by atoms with Gasteiger partial charge >= 0.3 is 0 Å². The van der Waals surface area contributed by atoms with Crippen LogP contribution in [0.5, 0.6) is 0 Å². The standard InChI is InChI=1S/C42H42N10O3/c43-22-27(37-24-46-35-5-1-2-6-36(35)48-37)23-45-28-17-20-52(21-18-28)25-26-8-10-29(11-9-26)47-42-44-19-16-38(50-42)49-34-7-3-4-31-30(34)12-13-32(40(31)54)33-14-15-39(53)51-41(33)55/h1-11,16,19,22-24,28,32-33,43,45H,12-15,17-18,20-21,25H2,(H,51,53,55)(H2,44,47,49,50)/b27-23+,43-22?. The van der Waals surface area contributed by atoms with Gasteiger partial charge in [-0.3, -0.25) is 29.6 Å². The van der Waals surface area contributed by atoms with Crippen LogP contribution in [-0.2, 0) is 22.6 Å². The normalized spacial score (nSPS) is 19.4. The van der Waals surface area contributed by atoms with Crippen LogP contribution in [0.4, 0.5) is 23.1 Å². The Labute approximate surface area is 318 Å². The monoisotopic (exact) mass is 734 g/mol. The second-order valence-electron chi connectivity index (χ2n) is 14.3. The van der Waals surface area contributed by atoms with E-state index in [1.54, 1.807) is 18.5 Å². The number of piperidine rings is 2. The third-order valence-electron chi connectivity index (χ3n) is 10.7. The summed E-state index contributed by atoms with van der Waals surface area (Å²) < 4.78 is 0. The number of hydrogen-bond donors (Lipinski definition) is 5. The molecule has 2 unspecified atom stereocenters. The summed E-state index contributed by atoms with van der Waals surface area (Å²) in [7, 11) is 0. The number of Topliss-reactive ketones (excluding diaryl/α,β-unsaturated/α-hetero) is 1. The van der Waals surface area contributed by atoms with Crippen molar-refractivity contribution in [1.82, 2.24) is 35.5 Å². The first-order valence-corrected chi connectivity index (χ1v) is 18.8. The van der Waals surface area contributed by atoms with E-state index in [9.17, 15) is 14.4 Å². The minimum absolute atomic E-state index is 0.0512. The zero-order valence-electron chi connectivity index (χ0n) is 30.3. The number of likely N-dealkylation sites (tertiary alicyclic amines) is 1. The van der Waals surface area contributed by atoms with Crippen LogP contribution in [0.3, 0.4) is 0 Å². The molecule has 5 aromatic rings. The summed E-state index contributed by atoms with van der Waals surface area (Å²) in [4.78, 5) is 58.4. The van der Waals surface area contributed by atoms with Crippen molar-refractivity contribution in [2.75, 3.05) is 23.7 Å². The number of para-hydroxylation sites is 2. The van der Waals surface area contributed by atoms with Crippen molar-refractivity contribution in [3.05, 3.63) is 114 Å². The number of nitrogens with one attached hydrogen (secondary N) is 5. The van der Waals surface area contributed by atoms with Crippen LogP contribution in [0.1, 0.15) is 59.3 Å². The Kier molecular flexibility index (Phi) is 10.3. The van der Waals surface area contributed by atoms with Crippen LogP contribution in [0, 0.1) is 17.2 Å². The molecule has 2 aromatic heterocycles. The van der Waals surface area contributed by atoms with Gasteiger partial charge in [0.2, 0.25) is 17.8 Å². The van der Waals surface area contributed by atoms with Crippen LogP contribution in [0.25, 0.3) is 16.6 Å². The molecule has 8 rings (SSSR count). The summed E-state index contributed by atoms with van der Waals surface area (Å²) in [6.07, 6.45) is 10.5. The van der Waals surface area contributed by atoms with Crippen LogP contribution in [0.15, 0.2) is 91.4 Å². The molecule has 0 radical (unpaired) electrons. The lowest BCUT2D eigenvalue weighted by atomic mass is 9.73. The summed E-state index contributed by atoms with van der Waals surface area (Å²) in [5.41, 5.74) is 7.44. The second-order valence-corrected chi connectivity index (χ2v) is 14.3. The molecular formula is C42H42N10O3. The number of hydrogen-bond acceptors (Lipinski definition) is 12. The number of rotatable bonds is 11. The van der Waals surface area contributed by atoms with Crippen molar-refractivity contribution in [1.29, 1.82) is 5.41 Å². The third kappa shape index (κ3) is 8.11. The highest BCUT2D eigenvalue weighted by Crippen LogP contribution is 2.37. The third-order valence-corrected chi connectivity index (χ3v) is 10.7. The van der Waals surface area contributed by atoms with E-state index in [-0.39, 0.29) is 24.0 Å².